The molecule has 0 atom stereocenters. The summed E-state index contributed by atoms with van der Waals surface area (Å²) in [7, 11) is 0. The fraction of sp³-hybridized carbons (Fsp3) is 0.417. The molecule has 1 rings (SSSR count). The number of phenolic OH excluding ortho intramolecular Hbond substituents is 1. The van der Waals surface area contributed by atoms with Crippen LogP contribution < -0.4 is 11.1 Å². The minimum Gasteiger partial charge on any atom is -0.508 e. The van der Waals surface area contributed by atoms with Crippen molar-refractivity contribution in [3.05, 3.63) is 28.2 Å². The number of nitrogens with two attached hydrogens (primary N) is 1. The Labute approximate surface area is 109 Å². The van der Waals surface area contributed by atoms with Gasteiger partial charge in [-0.25, -0.2) is 0 Å². The van der Waals surface area contributed by atoms with Crippen LogP contribution in [-0.4, -0.2) is 17.6 Å². The summed E-state index contributed by atoms with van der Waals surface area (Å²) in [6.45, 7) is 1.42. The number of amides is 1. The second kappa shape index (κ2) is 7.29. The van der Waals surface area contributed by atoms with Crippen molar-refractivity contribution in [2.24, 2.45) is 5.73 Å². The van der Waals surface area contributed by atoms with E-state index in [0.29, 0.717) is 13.0 Å². The van der Waals surface area contributed by atoms with Crippen molar-refractivity contribution in [2.45, 2.75) is 25.8 Å². The summed E-state index contributed by atoms with van der Waals surface area (Å²) in [4.78, 5) is 10.5. The van der Waals surface area contributed by atoms with Gasteiger partial charge in [-0.05, 0) is 37.6 Å². The van der Waals surface area contributed by atoms with E-state index < -0.39 is 0 Å². The predicted molar refractivity (Wildman–Crippen MR) is 70.6 cm³/mol. The van der Waals surface area contributed by atoms with Crippen LogP contribution in [0.15, 0.2) is 22.7 Å². The first-order valence-corrected chi connectivity index (χ1v) is 6.35. The molecule has 0 aliphatic rings. The van der Waals surface area contributed by atoms with Gasteiger partial charge in [-0.3, -0.25) is 4.79 Å². The van der Waals surface area contributed by atoms with Crippen molar-refractivity contribution in [2.75, 3.05) is 6.54 Å². The van der Waals surface area contributed by atoms with Gasteiger partial charge in [-0.2, -0.15) is 0 Å². The third-order valence-corrected chi connectivity index (χ3v) is 2.88. The molecule has 0 radical (unpaired) electrons. The summed E-state index contributed by atoms with van der Waals surface area (Å²) >= 11 is 3.36. The van der Waals surface area contributed by atoms with E-state index in [1.807, 2.05) is 6.07 Å². The zero-order valence-electron chi connectivity index (χ0n) is 9.58. The molecule has 0 saturated heterocycles. The van der Waals surface area contributed by atoms with Crippen molar-refractivity contribution >= 4 is 21.8 Å². The van der Waals surface area contributed by atoms with Gasteiger partial charge in [0, 0.05) is 23.0 Å². The Balaban J connectivity index is 2.22. The standard InChI is InChI=1S/C12H17BrN2O2/c13-10-4-5-11(16)9(7-10)8-15-6-2-1-3-12(14)17/h4-5,7,15-16H,1-3,6,8H2,(H2,14,17). The van der Waals surface area contributed by atoms with Crippen LogP contribution in [0, 0.1) is 0 Å². The number of rotatable bonds is 7. The molecule has 0 saturated carbocycles. The molecule has 4 nitrogen and oxygen atoms in total. The second-order valence-electron chi connectivity index (χ2n) is 3.87. The molecule has 0 fully saturated rings. The van der Waals surface area contributed by atoms with Crippen LogP contribution >= 0.6 is 15.9 Å². The number of halogens is 1. The van der Waals surface area contributed by atoms with E-state index in [9.17, 15) is 9.90 Å². The number of nitrogens with one attached hydrogen (secondary N) is 1. The molecular weight excluding hydrogens is 284 g/mol. The lowest BCUT2D eigenvalue weighted by atomic mass is 10.2. The molecule has 1 aromatic carbocycles. The van der Waals surface area contributed by atoms with Gasteiger partial charge < -0.3 is 16.2 Å². The van der Waals surface area contributed by atoms with Gasteiger partial charge in [-0.1, -0.05) is 15.9 Å². The Hall–Kier alpha value is -1.07. The molecule has 17 heavy (non-hydrogen) atoms. The highest BCUT2D eigenvalue weighted by atomic mass is 79.9. The minimum atomic E-state index is -0.255. The molecular formula is C12H17BrN2O2. The summed E-state index contributed by atoms with van der Waals surface area (Å²) in [5, 5.41) is 12.8. The number of hydrogen-bond acceptors (Lipinski definition) is 3. The Kier molecular flexibility index (Phi) is 6.00. The molecule has 0 unspecified atom stereocenters. The van der Waals surface area contributed by atoms with Crippen LogP contribution in [0.2, 0.25) is 0 Å². The van der Waals surface area contributed by atoms with Gasteiger partial charge >= 0.3 is 0 Å². The maximum Gasteiger partial charge on any atom is 0.217 e. The van der Waals surface area contributed by atoms with Crippen molar-refractivity contribution in [1.82, 2.24) is 5.32 Å². The minimum absolute atomic E-state index is 0.255. The Morgan fingerprint density at radius 3 is 2.88 bits per heavy atom. The lowest BCUT2D eigenvalue weighted by Gasteiger charge is -2.07. The molecule has 5 heteroatoms. The predicted octanol–water partition coefficient (Wildman–Crippen LogP) is 1.90. The third-order valence-electron chi connectivity index (χ3n) is 2.38. The molecule has 0 heterocycles. The van der Waals surface area contributed by atoms with E-state index in [4.69, 9.17) is 5.73 Å². The first-order chi connectivity index (χ1) is 8.09. The number of unbranched alkanes of at least 4 members (excludes halogenated alkanes) is 1. The van der Waals surface area contributed by atoms with E-state index in [2.05, 4.69) is 21.2 Å². The van der Waals surface area contributed by atoms with E-state index in [-0.39, 0.29) is 11.7 Å². The van der Waals surface area contributed by atoms with Gasteiger partial charge in [0.05, 0.1) is 0 Å². The largest absolute Gasteiger partial charge is 0.508 e. The van der Waals surface area contributed by atoms with Crippen molar-refractivity contribution in [3.8, 4) is 5.75 Å². The van der Waals surface area contributed by atoms with E-state index >= 15 is 0 Å². The topological polar surface area (TPSA) is 75.4 Å². The number of phenols is 1. The summed E-state index contributed by atoms with van der Waals surface area (Å²) in [6.07, 6.45) is 2.13. The number of aromatic hydroxyl groups is 1. The van der Waals surface area contributed by atoms with E-state index in [1.54, 1.807) is 12.1 Å². The number of primary amides is 1. The summed E-state index contributed by atoms with van der Waals surface area (Å²) in [5.74, 6) is 0.0347. The third kappa shape index (κ3) is 5.70. The normalized spacial score (nSPS) is 10.4. The lowest BCUT2D eigenvalue weighted by molar-refractivity contribution is -0.118. The van der Waals surface area contributed by atoms with Crippen LogP contribution in [0.3, 0.4) is 0 Å². The smallest absolute Gasteiger partial charge is 0.217 e. The maximum absolute atomic E-state index is 10.5. The molecule has 94 valence electrons. The molecule has 0 aromatic heterocycles. The van der Waals surface area contributed by atoms with Crippen LogP contribution in [0.5, 0.6) is 5.75 Å². The summed E-state index contributed by atoms with van der Waals surface area (Å²) < 4.78 is 0.945. The van der Waals surface area contributed by atoms with Crippen LogP contribution in [0.1, 0.15) is 24.8 Å². The number of benzene rings is 1. The molecule has 4 N–H and O–H groups in total. The van der Waals surface area contributed by atoms with Crippen LogP contribution in [0.4, 0.5) is 0 Å². The van der Waals surface area contributed by atoms with E-state index in [0.717, 1.165) is 29.4 Å². The van der Waals surface area contributed by atoms with Gasteiger partial charge in [0.25, 0.3) is 0 Å². The zero-order chi connectivity index (χ0) is 12.7. The van der Waals surface area contributed by atoms with Gasteiger partial charge in [0.1, 0.15) is 5.75 Å². The summed E-state index contributed by atoms with van der Waals surface area (Å²) in [6, 6.07) is 5.34. The molecule has 0 aliphatic heterocycles. The molecule has 1 amide bonds. The first-order valence-electron chi connectivity index (χ1n) is 5.56. The maximum atomic E-state index is 10.5. The number of carbonyl (C=O) groups excluding carboxylic acids is 1. The van der Waals surface area contributed by atoms with Crippen molar-refractivity contribution in [1.29, 1.82) is 0 Å². The van der Waals surface area contributed by atoms with Gasteiger partial charge in [-0.15, -0.1) is 0 Å². The zero-order valence-corrected chi connectivity index (χ0v) is 11.2. The Morgan fingerprint density at radius 2 is 2.18 bits per heavy atom. The Bertz CT molecular complexity index is 383. The number of carbonyl (C=O) groups is 1. The Morgan fingerprint density at radius 1 is 1.41 bits per heavy atom. The average Bonchev–Trinajstić information content (AvgIpc) is 2.27. The van der Waals surface area contributed by atoms with Gasteiger partial charge in [0.15, 0.2) is 0 Å². The quantitative estimate of drug-likeness (QED) is 0.673. The van der Waals surface area contributed by atoms with E-state index in [1.165, 1.54) is 0 Å². The van der Waals surface area contributed by atoms with Crippen molar-refractivity contribution in [3.63, 3.8) is 0 Å². The highest BCUT2D eigenvalue weighted by Crippen LogP contribution is 2.21. The molecule has 0 bridgehead atoms. The van der Waals surface area contributed by atoms with Gasteiger partial charge in [0.2, 0.25) is 5.91 Å². The fourth-order valence-electron chi connectivity index (χ4n) is 1.47. The number of hydrogen-bond donors (Lipinski definition) is 3. The lowest BCUT2D eigenvalue weighted by Crippen LogP contribution is -2.16. The molecule has 0 spiro atoms. The van der Waals surface area contributed by atoms with Crippen molar-refractivity contribution < 1.29 is 9.90 Å². The monoisotopic (exact) mass is 300 g/mol. The highest BCUT2D eigenvalue weighted by Gasteiger charge is 2.01. The van der Waals surface area contributed by atoms with Crippen LogP contribution in [0.25, 0.3) is 0 Å². The molecule has 0 aliphatic carbocycles. The highest BCUT2D eigenvalue weighted by molar-refractivity contribution is 9.10. The fourth-order valence-corrected chi connectivity index (χ4v) is 1.88. The molecule has 1 aromatic rings. The average molecular weight is 301 g/mol. The SMILES string of the molecule is NC(=O)CCCCNCc1cc(Br)ccc1O. The first kappa shape index (κ1) is 14.0. The second-order valence-corrected chi connectivity index (χ2v) is 4.79. The van der Waals surface area contributed by atoms with Crippen LogP contribution in [-0.2, 0) is 11.3 Å². The summed E-state index contributed by atoms with van der Waals surface area (Å²) in [5.41, 5.74) is 5.89.